The minimum absolute atomic E-state index is 0.196. The molecule has 0 bridgehead atoms. The van der Waals surface area contributed by atoms with Crippen LogP contribution in [0.15, 0.2) is 212 Å². The van der Waals surface area contributed by atoms with Gasteiger partial charge >= 0.3 is 0 Å². The van der Waals surface area contributed by atoms with Gasteiger partial charge in [0.25, 0.3) is 0 Å². The zero-order chi connectivity index (χ0) is 40.0. The number of hydrogen-bond acceptors (Lipinski definition) is 2. The van der Waals surface area contributed by atoms with Crippen molar-refractivity contribution >= 4 is 48.6 Å². The quantitative estimate of drug-likeness (QED) is 0.168. The number of rotatable bonds is 5. The Labute approximate surface area is 355 Å². The van der Waals surface area contributed by atoms with Gasteiger partial charge in [0.15, 0.2) is 0 Å². The number of fused-ring (bicyclic) bond motifs is 12. The smallest absolute Gasteiger partial charge is 0.0725 e. The van der Waals surface area contributed by atoms with E-state index in [9.17, 15) is 0 Å². The highest BCUT2D eigenvalue weighted by Crippen LogP contribution is 2.63. The van der Waals surface area contributed by atoms with E-state index in [1.54, 1.807) is 0 Å². The SMILES string of the molecule is CC1(C)c2ccccc2C2(c3ccccc3-c3ccccc32)c2c(-c3ccc(N(c4ccccc4)c4ccc(-c5cccc6c5sc5ccccc56)cc4)cc3)cccc21. The monoisotopic (exact) mass is 783 g/mol. The lowest BCUT2D eigenvalue weighted by molar-refractivity contribution is 0.564. The molecule has 1 heterocycles. The van der Waals surface area contributed by atoms with E-state index in [4.69, 9.17) is 0 Å². The van der Waals surface area contributed by atoms with Crippen molar-refractivity contribution in [1.82, 2.24) is 0 Å². The molecule has 60 heavy (non-hydrogen) atoms. The normalized spacial score (nSPS) is 14.1. The van der Waals surface area contributed by atoms with Crippen molar-refractivity contribution in [2.24, 2.45) is 0 Å². The first-order chi connectivity index (χ1) is 29.5. The molecule has 284 valence electrons. The molecule has 1 nitrogen and oxygen atoms in total. The van der Waals surface area contributed by atoms with Gasteiger partial charge in [0.1, 0.15) is 0 Å². The molecule has 2 heteroatoms. The molecule has 9 aromatic carbocycles. The van der Waals surface area contributed by atoms with Crippen LogP contribution in [0.1, 0.15) is 47.2 Å². The number of benzene rings is 9. The Morgan fingerprint density at radius 2 is 0.817 bits per heavy atom. The standard InChI is InChI=1S/C58H41NS/c1-57(2)51-26-11-12-27-52(51)58(49-24-9-6-18-45(49)46-19-7-10-25-50(46)58)55-43(21-15-28-53(55)57)38-30-34-41(35-31-38)59(40-16-4-3-5-17-40)42-36-32-39(33-37-42)44-22-14-23-48-47-20-8-13-29-54(47)60-56(44)48/h3-37H,1-2H3. The van der Waals surface area contributed by atoms with Crippen molar-refractivity contribution in [1.29, 1.82) is 0 Å². The molecule has 0 aliphatic heterocycles. The summed E-state index contributed by atoms with van der Waals surface area (Å²) in [4.78, 5) is 2.37. The van der Waals surface area contributed by atoms with Crippen LogP contribution in [-0.4, -0.2) is 0 Å². The van der Waals surface area contributed by atoms with Crippen molar-refractivity contribution in [3.05, 3.63) is 246 Å². The van der Waals surface area contributed by atoms with E-state index < -0.39 is 5.41 Å². The largest absolute Gasteiger partial charge is 0.311 e. The maximum Gasteiger partial charge on any atom is 0.0725 e. The summed E-state index contributed by atoms with van der Waals surface area (Å²) in [6, 6.07) is 79.0. The number of para-hydroxylation sites is 1. The highest BCUT2D eigenvalue weighted by molar-refractivity contribution is 7.26. The third kappa shape index (κ3) is 4.92. The first-order valence-corrected chi connectivity index (χ1v) is 21.7. The van der Waals surface area contributed by atoms with E-state index in [0.717, 1.165) is 17.1 Å². The molecule has 1 aromatic heterocycles. The average Bonchev–Trinajstić information content (AvgIpc) is 3.83. The molecule has 0 N–H and O–H groups in total. The predicted molar refractivity (Wildman–Crippen MR) is 254 cm³/mol. The number of thiophene rings is 1. The van der Waals surface area contributed by atoms with Crippen molar-refractivity contribution in [2.75, 3.05) is 4.90 Å². The van der Waals surface area contributed by atoms with E-state index in [1.807, 2.05) is 11.3 Å². The van der Waals surface area contributed by atoms with E-state index in [0.29, 0.717) is 0 Å². The Kier molecular flexibility index (Phi) is 7.73. The van der Waals surface area contributed by atoms with E-state index in [2.05, 4.69) is 231 Å². The van der Waals surface area contributed by atoms with E-state index in [1.165, 1.54) is 86.9 Å². The lowest BCUT2D eigenvalue weighted by Gasteiger charge is -2.47. The van der Waals surface area contributed by atoms with Crippen LogP contribution < -0.4 is 4.90 Å². The summed E-state index contributed by atoms with van der Waals surface area (Å²) >= 11 is 1.88. The number of hydrogen-bond donors (Lipinski definition) is 0. The Bertz CT molecular complexity index is 3230. The molecule has 2 aliphatic carbocycles. The Morgan fingerprint density at radius 3 is 1.50 bits per heavy atom. The van der Waals surface area contributed by atoms with Crippen molar-refractivity contribution in [3.63, 3.8) is 0 Å². The van der Waals surface area contributed by atoms with E-state index >= 15 is 0 Å². The fourth-order valence-corrected chi connectivity index (χ4v) is 12.0. The van der Waals surface area contributed by atoms with Gasteiger partial charge in [0, 0.05) is 42.6 Å². The van der Waals surface area contributed by atoms with Gasteiger partial charge in [-0.25, -0.2) is 0 Å². The molecule has 0 unspecified atom stereocenters. The van der Waals surface area contributed by atoms with Gasteiger partial charge in [-0.05, 0) is 109 Å². The van der Waals surface area contributed by atoms with Crippen molar-refractivity contribution in [3.8, 4) is 33.4 Å². The highest BCUT2D eigenvalue weighted by Gasteiger charge is 2.54. The molecule has 0 saturated carbocycles. The topological polar surface area (TPSA) is 3.24 Å². The third-order valence-electron chi connectivity index (χ3n) is 13.4. The summed E-state index contributed by atoms with van der Waals surface area (Å²) in [5.41, 5.74) is 18.6. The second-order valence-corrected chi connectivity index (χ2v) is 17.8. The van der Waals surface area contributed by atoms with Crippen LogP contribution in [0.3, 0.4) is 0 Å². The van der Waals surface area contributed by atoms with Crippen LogP contribution in [0, 0.1) is 0 Å². The molecule has 12 rings (SSSR count). The Morgan fingerprint density at radius 1 is 0.350 bits per heavy atom. The molecule has 2 aliphatic rings. The molecule has 0 radical (unpaired) electrons. The molecule has 1 spiro atoms. The maximum atomic E-state index is 2.41. The molecule has 0 saturated heterocycles. The Balaban J connectivity index is 1.00. The van der Waals surface area contributed by atoms with Gasteiger partial charge < -0.3 is 4.90 Å². The van der Waals surface area contributed by atoms with Gasteiger partial charge in [-0.3, -0.25) is 0 Å². The zero-order valence-corrected chi connectivity index (χ0v) is 34.4. The highest BCUT2D eigenvalue weighted by atomic mass is 32.1. The van der Waals surface area contributed by atoms with Gasteiger partial charge in [0.2, 0.25) is 0 Å². The molecule has 0 amide bonds. The van der Waals surface area contributed by atoms with Crippen LogP contribution in [0.2, 0.25) is 0 Å². The lowest BCUT2D eigenvalue weighted by atomic mass is 9.54. The van der Waals surface area contributed by atoms with E-state index in [-0.39, 0.29) is 5.41 Å². The van der Waals surface area contributed by atoms with Crippen LogP contribution in [0.4, 0.5) is 17.1 Å². The molecule has 0 atom stereocenters. The summed E-state index contributed by atoms with van der Waals surface area (Å²) in [6.45, 7) is 4.81. The average molecular weight is 784 g/mol. The summed E-state index contributed by atoms with van der Waals surface area (Å²) in [6.07, 6.45) is 0. The van der Waals surface area contributed by atoms with Crippen LogP contribution in [-0.2, 0) is 10.8 Å². The second-order valence-electron chi connectivity index (χ2n) is 16.8. The van der Waals surface area contributed by atoms with Crippen molar-refractivity contribution < 1.29 is 0 Å². The summed E-state index contributed by atoms with van der Waals surface area (Å²) in [5.74, 6) is 0. The lowest BCUT2D eigenvalue weighted by Crippen LogP contribution is -2.41. The van der Waals surface area contributed by atoms with Gasteiger partial charge in [-0.15, -0.1) is 11.3 Å². The van der Waals surface area contributed by atoms with Crippen LogP contribution in [0.5, 0.6) is 0 Å². The minimum atomic E-state index is -0.456. The third-order valence-corrected chi connectivity index (χ3v) is 14.6. The second kappa shape index (κ2) is 13.3. The number of nitrogens with zero attached hydrogens (tertiary/aromatic N) is 1. The fourth-order valence-electron chi connectivity index (χ4n) is 10.7. The first kappa shape index (κ1) is 35.0. The van der Waals surface area contributed by atoms with Gasteiger partial charge in [-0.1, -0.05) is 184 Å². The molecule has 10 aromatic rings. The molecular formula is C58H41NS. The Hall–Kier alpha value is -7.00. The molecular weight excluding hydrogens is 743 g/mol. The van der Waals surface area contributed by atoms with Crippen molar-refractivity contribution in [2.45, 2.75) is 24.7 Å². The molecule has 0 fully saturated rings. The van der Waals surface area contributed by atoms with Gasteiger partial charge in [-0.2, -0.15) is 0 Å². The van der Waals surface area contributed by atoms with Gasteiger partial charge in [0.05, 0.1) is 5.41 Å². The number of anilines is 3. The van der Waals surface area contributed by atoms with Crippen LogP contribution >= 0.6 is 11.3 Å². The summed E-state index contributed by atoms with van der Waals surface area (Å²) in [7, 11) is 0. The summed E-state index contributed by atoms with van der Waals surface area (Å²) in [5, 5.41) is 2.65. The van der Waals surface area contributed by atoms with Crippen LogP contribution in [0.25, 0.3) is 53.6 Å². The maximum absolute atomic E-state index is 2.41. The zero-order valence-electron chi connectivity index (χ0n) is 33.6. The minimum Gasteiger partial charge on any atom is -0.311 e. The first-order valence-electron chi connectivity index (χ1n) is 20.9. The summed E-state index contributed by atoms with van der Waals surface area (Å²) < 4.78 is 2.66. The fraction of sp³-hybridized carbons (Fsp3) is 0.0690. The predicted octanol–water partition coefficient (Wildman–Crippen LogP) is 15.9.